The zero-order valence-electron chi connectivity index (χ0n) is 13.4. The Hall–Kier alpha value is -2.08. The van der Waals surface area contributed by atoms with Crippen LogP contribution in [0, 0.1) is 0 Å². The largest absolute Gasteiger partial charge is 0.485 e. The molecular formula is C17H21N3O2S. The molecule has 1 aliphatic heterocycles. The number of pyridine rings is 1. The second kappa shape index (κ2) is 7.00. The number of rotatable bonds is 5. The van der Waals surface area contributed by atoms with Crippen molar-refractivity contribution < 1.29 is 9.53 Å². The van der Waals surface area contributed by atoms with Crippen LogP contribution in [0.3, 0.4) is 0 Å². The second-order valence-corrected chi connectivity index (χ2v) is 6.88. The first kappa shape index (κ1) is 15.8. The molecule has 2 aromatic rings. The maximum Gasteiger partial charge on any atom is 0.227 e. The van der Waals surface area contributed by atoms with Gasteiger partial charge in [0, 0.05) is 38.1 Å². The van der Waals surface area contributed by atoms with Gasteiger partial charge in [0.15, 0.2) is 11.6 Å². The summed E-state index contributed by atoms with van der Waals surface area (Å²) < 4.78 is 6.09. The van der Waals surface area contributed by atoms with Crippen LogP contribution in [0.25, 0.3) is 0 Å². The van der Waals surface area contributed by atoms with E-state index in [-0.39, 0.29) is 12.0 Å². The van der Waals surface area contributed by atoms with Crippen LogP contribution in [-0.4, -0.2) is 49.1 Å². The summed E-state index contributed by atoms with van der Waals surface area (Å²) in [5.74, 6) is 1.77. The van der Waals surface area contributed by atoms with Gasteiger partial charge in [0.2, 0.25) is 5.91 Å². The fraction of sp³-hybridized carbons (Fsp3) is 0.412. The monoisotopic (exact) mass is 331 g/mol. The van der Waals surface area contributed by atoms with E-state index in [2.05, 4.69) is 4.98 Å². The van der Waals surface area contributed by atoms with Crippen molar-refractivity contribution >= 4 is 23.1 Å². The molecule has 1 aliphatic rings. The Kier molecular flexibility index (Phi) is 4.81. The van der Waals surface area contributed by atoms with Crippen molar-refractivity contribution in [3.8, 4) is 5.75 Å². The quantitative estimate of drug-likeness (QED) is 0.844. The van der Waals surface area contributed by atoms with Crippen molar-refractivity contribution in [1.82, 2.24) is 9.88 Å². The van der Waals surface area contributed by atoms with Crippen LogP contribution >= 0.6 is 11.3 Å². The molecule has 1 amide bonds. The predicted molar refractivity (Wildman–Crippen MR) is 92.2 cm³/mol. The summed E-state index contributed by atoms with van der Waals surface area (Å²) >= 11 is 1.63. The number of carbonyl (C=O) groups excluding carboxylic acids is 1. The molecule has 2 aromatic heterocycles. The van der Waals surface area contributed by atoms with Gasteiger partial charge in [0.05, 0.1) is 13.0 Å². The number of ether oxygens (including phenoxy) is 1. The van der Waals surface area contributed by atoms with Crippen LogP contribution in [0.5, 0.6) is 5.75 Å². The molecule has 0 radical (unpaired) electrons. The minimum atomic E-state index is 0.0326. The van der Waals surface area contributed by atoms with Gasteiger partial charge in [-0.05, 0) is 23.6 Å². The molecule has 6 heteroatoms. The lowest BCUT2D eigenvalue weighted by Crippen LogP contribution is -2.32. The standard InChI is InChI=1S/C17H21N3O2S/c1-19(2)17-15(6-3-8-18-17)22-13-7-9-20(12-13)16(21)11-14-5-4-10-23-14/h3-6,8,10,13H,7,9,11-12H2,1-2H3. The topological polar surface area (TPSA) is 45.7 Å². The van der Waals surface area contributed by atoms with Gasteiger partial charge in [-0.15, -0.1) is 11.3 Å². The minimum absolute atomic E-state index is 0.0326. The average molecular weight is 331 g/mol. The highest BCUT2D eigenvalue weighted by molar-refractivity contribution is 7.10. The summed E-state index contributed by atoms with van der Waals surface area (Å²) in [7, 11) is 3.89. The Morgan fingerprint density at radius 3 is 3.04 bits per heavy atom. The molecule has 0 bridgehead atoms. The smallest absolute Gasteiger partial charge is 0.227 e. The first-order valence-corrected chi connectivity index (χ1v) is 8.60. The fourth-order valence-electron chi connectivity index (χ4n) is 2.71. The highest BCUT2D eigenvalue weighted by Crippen LogP contribution is 2.27. The van der Waals surface area contributed by atoms with E-state index in [0.29, 0.717) is 13.0 Å². The normalized spacial score (nSPS) is 17.3. The van der Waals surface area contributed by atoms with Gasteiger partial charge in [0.1, 0.15) is 6.10 Å². The van der Waals surface area contributed by atoms with E-state index in [0.717, 1.165) is 29.4 Å². The first-order valence-electron chi connectivity index (χ1n) is 7.72. The number of nitrogens with zero attached hydrogens (tertiary/aromatic N) is 3. The van der Waals surface area contributed by atoms with Crippen molar-refractivity contribution in [2.45, 2.75) is 18.9 Å². The van der Waals surface area contributed by atoms with Crippen LogP contribution in [0.2, 0.25) is 0 Å². The third-order valence-electron chi connectivity index (χ3n) is 3.87. The molecule has 23 heavy (non-hydrogen) atoms. The molecule has 1 fully saturated rings. The molecule has 0 spiro atoms. The van der Waals surface area contributed by atoms with Gasteiger partial charge < -0.3 is 14.5 Å². The van der Waals surface area contributed by atoms with Gasteiger partial charge in [-0.1, -0.05) is 6.07 Å². The summed E-state index contributed by atoms with van der Waals surface area (Å²) in [5.41, 5.74) is 0. The lowest BCUT2D eigenvalue weighted by molar-refractivity contribution is -0.129. The second-order valence-electron chi connectivity index (χ2n) is 5.84. The van der Waals surface area contributed by atoms with Crippen LogP contribution < -0.4 is 9.64 Å². The first-order chi connectivity index (χ1) is 11.1. The zero-order chi connectivity index (χ0) is 16.2. The highest BCUT2D eigenvalue weighted by Gasteiger charge is 2.28. The van der Waals surface area contributed by atoms with Crippen molar-refractivity contribution in [2.24, 2.45) is 0 Å². The molecule has 3 heterocycles. The Morgan fingerprint density at radius 2 is 2.30 bits per heavy atom. The summed E-state index contributed by atoms with van der Waals surface area (Å²) in [6.45, 7) is 1.40. The van der Waals surface area contributed by atoms with Crippen LogP contribution in [-0.2, 0) is 11.2 Å². The predicted octanol–water partition coefficient (Wildman–Crippen LogP) is 2.43. The zero-order valence-corrected chi connectivity index (χ0v) is 14.3. The van der Waals surface area contributed by atoms with E-state index >= 15 is 0 Å². The van der Waals surface area contributed by atoms with E-state index in [1.54, 1.807) is 17.5 Å². The molecule has 0 aromatic carbocycles. The van der Waals surface area contributed by atoms with Crippen molar-refractivity contribution in [1.29, 1.82) is 0 Å². The van der Waals surface area contributed by atoms with Gasteiger partial charge in [-0.3, -0.25) is 4.79 Å². The number of hydrogen-bond acceptors (Lipinski definition) is 5. The Balaban J connectivity index is 1.59. The van der Waals surface area contributed by atoms with E-state index in [1.807, 2.05) is 53.5 Å². The van der Waals surface area contributed by atoms with Crippen LogP contribution in [0.15, 0.2) is 35.8 Å². The molecule has 122 valence electrons. The van der Waals surface area contributed by atoms with E-state index in [9.17, 15) is 4.79 Å². The molecule has 0 saturated carbocycles. The van der Waals surface area contributed by atoms with E-state index < -0.39 is 0 Å². The van der Waals surface area contributed by atoms with Gasteiger partial charge in [0.25, 0.3) is 0 Å². The summed E-state index contributed by atoms with van der Waals surface area (Å²) in [5, 5.41) is 2.00. The Labute approximate surface area is 140 Å². The maximum absolute atomic E-state index is 12.3. The molecule has 5 nitrogen and oxygen atoms in total. The van der Waals surface area contributed by atoms with Gasteiger partial charge >= 0.3 is 0 Å². The van der Waals surface area contributed by atoms with E-state index in [1.165, 1.54) is 0 Å². The number of hydrogen-bond donors (Lipinski definition) is 0. The van der Waals surface area contributed by atoms with Gasteiger partial charge in [-0.25, -0.2) is 4.98 Å². The number of amides is 1. The fourth-order valence-corrected chi connectivity index (χ4v) is 3.41. The lowest BCUT2D eigenvalue weighted by Gasteiger charge is -2.20. The van der Waals surface area contributed by atoms with Gasteiger partial charge in [-0.2, -0.15) is 0 Å². The number of anilines is 1. The summed E-state index contributed by atoms with van der Waals surface area (Å²) in [4.78, 5) is 21.6. The molecular weight excluding hydrogens is 310 g/mol. The number of carbonyl (C=O) groups is 1. The molecule has 1 unspecified atom stereocenters. The third-order valence-corrected chi connectivity index (χ3v) is 4.75. The molecule has 1 saturated heterocycles. The summed E-state index contributed by atoms with van der Waals surface area (Å²) in [6, 6.07) is 7.79. The van der Waals surface area contributed by atoms with Crippen molar-refractivity contribution in [2.75, 3.05) is 32.1 Å². The summed E-state index contributed by atoms with van der Waals surface area (Å²) in [6.07, 6.45) is 3.14. The number of aromatic nitrogens is 1. The lowest BCUT2D eigenvalue weighted by atomic mass is 10.3. The van der Waals surface area contributed by atoms with Crippen LogP contribution in [0.1, 0.15) is 11.3 Å². The van der Waals surface area contributed by atoms with Crippen molar-refractivity contribution in [3.63, 3.8) is 0 Å². The number of likely N-dealkylation sites (tertiary alicyclic amines) is 1. The third kappa shape index (κ3) is 3.82. The molecule has 0 N–H and O–H groups in total. The van der Waals surface area contributed by atoms with E-state index in [4.69, 9.17) is 4.74 Å². The number of thiophene rings is 1. The molecule has 0 aliphatic carbocycles. The minimum Gasteiger partial charge on any atom is -0.485 e. The SMILES string of the molecule is CN(C)c1ncccc1OC1CCN(C(=O)Cc2cccs2)C1. The molecule has 1 atom stereocenters. The Morgan fingerprint density at radius 1 is 1.43 bits per heavy atom. The molecule has 3 rings (SSSR count). The maximum atomic E-state index is 12.3. The average Bonchev–Trinajstić information content (AvgIpc) is 3.19. The highest BCUT2D eigenvalue weighted by atomic mass is 32.1. The Bertz CT molecular complexity index is 658. The van der Waals surface area contributed by atoms with Crippen molar-refractivity contribution in [3.05, 3.63) is 40.7 Å². The van der Waals surface area contributed by atoms with Crippen LogP contribution in [0.4, 0.5) is 5.82 Å².